The van der Waals surface area contributed by atoms with E-state index in [4.69, 9.17) is 5.26 Å². The molecule has 0 amide bonds. The van der Waals surface area contributed by atoms with Gasteiger partial charge in [-0.2, -0.15) is 5.26 Å². The Labute approximate surface area is 75.2 Å². The summed E-state index contributed by atoms with van der Waals surface area (Å²) < 4.78 is 0. The van der Waals surface area contributed by atoms with E-state index in [0.29, 0.717) is 17.3 Å². The number of nitrogens with zero attached hydrogens (tertiary/aromatic N) is 3. The molecule has 1 aromatic rings. The maximum atomic E-state index is 8.37. The van der Waals surface area contributed by atoms with E-state index in [1.165, 1.54) is 0 Å². The van der Waals surface area contributed by atoms with Crippen LogP contribution in [-0.4, -0.2) is 9.97 Å². The molecule has 1 heterocycles. The molecule has 1 aromatic heterocycles. The standard InChI is InChI=1S/C8H7N3S/c1-2-3-7-10-5-4-8(11-7)12-6-9/h2,4-5H,1,3H2. The van der Waals surface area contributed by atoms with Gasteiger partial charge in [-0.25, -0.2) is 9.97 Å². The van der Waals surface area contributed by atoms with Crippen molar-refractivity contribution in [2.24, 2.45) is 0 Å². The van der Waals surface area contributed by atoms with E-state index in [2.05, 4.69) is 16.5 Å². The third kappa shape index (κ3) is 2.36. The third-order valence-electron chi connectivity index (χ3n) is 1.16. The van der Waals surface area contributed by atoms with Crippen molar-refractivity contribution < 1.29 is 0 Å². The summed E-state index contributed by atoms with van der Waals surface area (Å²) in [4.78, 5) is 8.12. The van der Waals surface area contributed by atoms with Crippen LogP contribution in [0.5, 0.6) is 0 Å². The molecular formula is C8H7N3S. The second-order valence-corrected chi connectivity index (χ2v) is 2.80. The van der Waals surface area contributed by atoms with Crippen LogP contribution >= 0.6 is 11.8 Å². The fourth-order valence-corrected chi connectivity index (χ4v) is 1.08. The molecule has 0 N–H and O–H groups in total. The quantitative estimate of drug-likeness (QED) is 0.305. The molecule has 0 aromatic carbocycles. The van der Waals surface area contributed by atoms with Gasteiger partial charge in [0, 0.05) is 24.4 Å². The first-order valence-corrected chi connectivity index (χ1v) is 4.17. The van der Waals surface area contributed by atoms with Crippen molar-refractivity contribution in [2.45, 2.75) is 11.4 Å². The number of nitriles is 1. The fourth-order valence-electron chi connectivity index (χ4n) is 0.711. The Morgan fingerprint density at radius 1 is 1.75 bits per heavy atom. The molecule has 1 rings (SSSR count). The Hall–Kier alpha value is -1.34. The lowest BCUT2D eigenvalue weighted by atomic mass is 10.4. The average molecular weight is 177 g/mol. The summed E-state index contributed by atoms with van der Waals surface area (Å²) in [5, 5.41) is 11.0. The van der Waals surface area contributed by atoms with Crippen LogP contribution in [0, 0.1) is 10.7 Å². The first kappa shape index (κ1) is 8.75. The van der Waals surface area contributed by atoms with Crippen LogP contribution < -0.4 is 0 Å². The zero-order valence-electron chi connectivity index (χ0n) is 6.40. The Morgan fingerprint density at radius 3 is 3.25 bits per heavy atom. The van der Waals surface area contributed by atoms with Crippen molar-refractivity contribution in [1.82, 2.24) is 9.97 Å². The molecular weight excluding hydrogens is 170 g/mol. The molecule has 0 aliphatic rings. The molecule has 0 unspecified atom stereocenters. The highest BCUT2D eigenvalue weighted by atomic mass is 32.2. The first-order valence-electron chi connectivity index (χ1n) is 3.35. The molecule has 0 saturated heterocycles. The minimum atomic E-state index is 0.639. The number of rotatable bonds is 3. The summed E-state index contributed by atoms with van der Waals surface area (Å²) in [6, 6.07) is 1.71. The second-order valence-electron chi connectivity index (χ2n) is 2.00. The van der Waals surface area contributed by atoms with E-state index >= 15 is 0 Å². The summed E-state index contributed by atoms with van der Waals surface area (Å²) in [6.45, 7) is 3.58. The number of aromatic nitrogens is 2. The molecule has 0 aliphatic heterocycles. The van der Waals surface area contributed by atoms with Gasteiger partial charge in [0.1, 0.15) is 16.3 Å². The zero-order chi connectivity index (χ0) is 8.81. The van der Waals surface area contributed by atoms with Crippen molar-refractivity contribution in [1.29, 1.82) is 5.26 Å². The molecule has 0 atom stereocenters. The van der Waals surface area contributed by atoms with E-state index in [1.807, 2.05) is 5.40 Å². The number of allylic oxidation sites excluding steroid dienone is 1. The van der Waals surface area contributed by atoms with Gasteiger partial charge in [0.05, 0.1) is 0 Å². The van der Waals surface area contributed by atoms with Crippen molar-refractivity contribution >= 4 is 11.8 Å². The van der Waals surface area contributed by atoms with Crippen LogP contribution in [0.2, 0.25) is 0 Å². The maximum absolute atomic E-state index is 8.37. The molecule has 0 spiro atoms. The van der Waals surface area contributed by atoms with Gasteiger partial charge in [-0.3, -0.25) is 0 Å². The van der Waals surface area contributed by atoms with Crippen molar-refractivity contribution in [3.63, 3.8) is 0 Å². The van der Waals surface area contributed by atoms with Crippen molar-refractivity contribution in [3.05, 3.63) is 30.7 Å². The molecule has 0 aliphatic carbocycles. The highest BCUT2D eigenvalue weighted by Gasteiger charge is 1.96. The minimum absolute atomic E-state index is 0.639. The predicted molar refractivity (Wildman–Crippen MR) is 47.4 cm³/mol. The van der Waals surface area contributed by atoms with Crippen molar-refractivity contribution in [2.75, 3.05) is 0 Å². The van der Waals surface area contributed by atoms with E-state index in [0.717, 1.165) is 11.8 Å². The lowest BCUT2D eigenvalue weighted by molar-refractivity contribution is 0.926. The highest BCUT2D eigenvalue weighted by molar-refractivity contribution is 8.03. The largest absolute Gasteiger partial charge is 0.241 e. The maximum Gasteiger partial charge on any atom is 0.140 e. The van der Waals surface area contributed by atoms with Gasteiger partial charge in [-0.15, -0.1) is 6.58 Å². The lowest BCUT2D eigenvalue weighted by Crippen LogP contribution is -1.92. The number of thiocyanates is 1. The predicted octanol–water partition coefficient (Wildman–Crippen LogP) is 1.78. The molecule has 60 valence electrons. The Bertz CT molecular complexity index is 316. The van der Waals surface area contributed by atoms with Gasteiger partial charge < -0.3 is 0 Å². The number of hydrogen-bond donors (Lipinski definition) is 0. The van der Waals surface area contributed by atoms with E-state index in [9.17, 15) is 0 Å². The molecule has 0 bridgehead atoms. The molecule has 0 radical (unpaired) electrons. The van der Waals surface area contributed by atoms with Gasteiger partial charge in [-0.1, -0.05) is 6.08 Å². The summed E-state index contributed by atoms with van der Waals surface area (Å²) in [6.07, 6.45) is 4.02. The third-order valence-corrected chi connectivity index (χ3v) is 1.68. The summed E-state index contributed by atoms with van der Waals surface area (Å²) >= 11 is 1.04. The first-order chi connectivity index (χ1) is 5.86. The number of hydrogen-bond acceptors (Lipinski definition) is 4. The molecule has 0 saturated carbocycles. The zero-order valence-corrected chi connectivity index (χ0v) is 7.21. The SMILES string of the molecule is C=CCc1nccc(SC#N)n1. The topological polar surface area (TPSA) is 49.6 Å². The second kappa shape index (κ2) is 4.52. The average Bonchev–Trinajstić information content (AvgIpc) is 2.06. The molecule has 4 heteroatoms. The Kier molecular flexibility index (Phi) is 3.30. The van der Waals surface area contributed by atoms with E-state index < -0.39 is 0 Å². The van der Waals surface area contributed by atoms with Crippen molar-refractivity contribution in [3.8, 4) is 5.40 Å². The monoisotopic (exact) mass is 177 g/mol. The van der Waals surface area contributed by atoms with Gasteiger partial charge in [-0.05, 0) is 6.07 Å². The normalized spacial score (nSPS) is 8.92. The molecule has 12 heavy (non-hydrogen) atoms. The minimum Gasteiger partial charge on any atom is -0.241 e. The summed E-state index contributed by atoms with van der Waals surface area (Å²) in [7, 11) is 0. The fraction of sp³-hybridized carbons (Fsp3) is 0.125. The van der Waals surface area contributed by atoms with Gasteiger partial charge in [0.15, 0.2) is 0 Å². The van der Waals surface area contributed by atoms with Crippen LogP contribution in [0.4, 0.5) is 0 Å². The highest BCUT2D eigenvalue weighted by Crippen LogP contribution is 2.11. The van der Waals surface area contributed by atoms with E-state index in [-0.39, 0.29) is 0 Å². The van der Waals surface area contributed by atoms with Crippen LogP contribution in [-0.2, 0) is 6.42 Å². The van der Waals surface area contributed by atoms with Gasteiger partial charge in [0.2, 0.25) is 0 Å². The van der Waals surface area contributed by atoms with E-state index in [1.54, 1.807) is 18.3 Å². The molecule has 0 fully saturated rings. The van der Waals surface area contributed by atoms with Crippen LogP contribution in [0.15, 0.2) is 29.9 Å². The Balaban J connectivity index is 2.81. The molecule has 3 nitrogen and oxygen atoms in total. The van der Waals surface area contributed by atoms with Crippen LogP contribution in [0.1, 0.15) is 5.82 Å². The Morgan fingerprint density at radius 2 is 2.58 bits per heavy atom. The van der Waals surface area contributed by atoms with Crippen LogP contribution in [0.3, 0.4) is 0 Å². The van der Waals surface area contributed by atoms with Gasteiger partial charge >= 0.3 is 0 Å². The van der Waals surface area contributed by atoms with Gasteiger partial charge in [0.25, 0.3) is 0 Å². The van der Waals surface area contributed by atoms with Crippen LogP contribution in [0.25, 0.3) is 0 Å². The smallest absolute Gasteiger partial charge is 0.140 e. The number of thioether (sulfide) groups is 1. The lowest BCUT2D eigenvalue weighted by Gasteiger charge is -1.95. The summed E-state index contributed by atoms with van der Waals surface area (Å²) in [5.74, 6) is 0.699. The summed E-state index contributed by atoms with van der Waals surface area (Å²) in [5.41, 5.74) is 0.